The second kappa shape index (κ2) is 19.0. The first kappa shape index (κ1) is 38.9. The van der Waals surface area contributed by atoms with Crippen molar-refractivity contribution in [3.05, 3.63) is 144 Å². The van der Waals surface area contributed by atoms with Crippen LogP contribution in [0.1, 0.15) is 72.8 Å². The van der Waals surface area contributed by atoms with Gasteiger partial charge < -0.3 is 30.0 Å². The van der Waals surface area contributed by atoms with Gasteiger partial charge in [0.1, 0.15) is 6.04 Å². The van der Waals surface area contributed by atoms with Gasteiger partial charge in [-0.25, -0.2) is 9.59 Å². The summed E-state index contributed by atoms with van der Waals surface area (Å²) in [6.45, 7) is 8.17. The number of aliphatic hydroxyl groups is 1. The van der Waals surface area contributed by atoms with E-state index in [1.165, 1.54) is 32.8 Å². The third-order valence-corrected chi connectivity index (χ3v) is 10.7. The maximum atomic E-state index is 12.9. The van der Waals surface area contributed by atoms with Crippen LogP contribution in [0.2, 0.25) is 0 Å². The molecule has 0 radical (unpaired) electrons. The second-order valence-corrected chi connectivity index (χ2v) is 14.4. The summed E-state index contributed by atoms with van der Waals surface area (Å²) in [6.07, 6.45) is 6.47. The van der Waals surface area contributed by atoms with Crippen LogP contribution >= 0.6 is 0 Å². The molecule has 2 aliphatic rings. The van der Waals surface area contributed by atoms with Gasteiger partial charge in [0, 0.05) is 43.6 Å². The lowest BCUT2D eigenvalue weighted by atomic mass is 9.89. The maximum Gasteiger partial charge on any atom is 0.328 e. The monoisotopic (exact) mass is 731 g/mol. The van der Waals surface area contributed by atoms with Crippen LogP contribution in [-0.2, 0) is 38.6 Å². The molecule has 9 nitrogen and oxygen atoms in total. The minimum absolute atomic E-state index is 0.00137. The van der Waals surface area contributed by atoms with Gasteiger partial charge in [-0.3, -0.25) is 4.90 Å². The van der Waals surface area contributed by atoms with Gasteiger partial charge in [0.25, 0.3) is 0 Å². The molecule has 284 valence electrons. The van der Waals surface area contributed by atoms with Crippen LogP contribution in [0.3, 0.4) is 0 Å². The first-order valence-corrected chi connectivity index (χ1v) is 19.1. The van der Waals surface area contributed by atoms with E-state index in [0.717, 1.165) is 52.0 Å². The molecule has 3 N–H and O–H groups in total. The van der Waals surface area contributed by atoms with Crippen LogP contribution in [0.5, 0.6) is 0 Å². The summed E-state index contributed by atoms with van der Waals surface area (Å²) in [7, 11) is 1.32. The molecule has 4 aromatic carbocycles. The Morgan fingerprint density at radius 3 is 2.28 bits per heavy atom. The largest absolute Gasteiger partial charge is 0.467 e. The molecule has 0 spiro atoms. The van der Waals surface area contributed by atoms with Crippen molar-refractivity contribution in [2.45, 2.75) is 82.8 Å². The van der Waals surface area contributed by atoms with Crippen molar-refractivity contribution in [3.63, 3.8) is 0 Å². The predicted octanol–water partition coefficient (Wildman–Crippen LogP) is 7.65. The fourth-order valence-corrected chi connectivity index (χ4v) is 7.64. The smallest absolute Gasteiger partial charge is 0.328 e. The molecule has 5 atom stereocenters. The zero-order chi connectivity index (χ0) is 37.9. The molecule has 4 aromatic rings. The van der Waals surface area contributed by atoms with E-state index < -0.39 is 24.3 Å². The van der Waals surface area contributed by atoms with Gasteiger partial charge in [0.2, 0.25) is 0 Å². The fourth-order valence-electron chi connectivity index (χ4n) is 7.64. The number of carbonyl (C=O) groups is 2. The quantitative estimate of drug-likeness (QED) is 0.0852. The zero-order valence-electron chi connectivity index (χ0n) is 31.4. The van der Waals surface area contributed by atoms with Gasteiger partial charge in [-0.2, -0.15) is 0 Å². The Balaban J connectivity index is 1.14. The molecule has 2 amide bonds. The van der Waals surface area contributed by atoms with E-state index in [-0.39, 0.29) is 31.3 Å². The number of hydrogen-bond donors (Lipinski definition) is 3. The second-order valence-electron chi connectivity index (χ2n) is 14.4. The Bertz CT molecular complexity index is 1810. The molecular weight excluding hydrogens is 679 g/mol. The molecule has 1 saturated heterocycles. The molecule has 1 aliphatic carbocycles. The molecule has 6 rings (SSSR count). The molecular formula is C45H53N3O6. The van der Waals surface area contributed by atoms with Gasteiger partial charge in [-0.15, -0.1) is 6.58 Å². The molecule has 54 heavy (non-hydrogen) atoms. The summed E-state index contributed by atoms with van der Waals surface area (Å²) in [6, 6.07) is 33.1. The molecule has 5 unspecified atom stereocenters. The zero-order valence-corrected chi connectivity index (χ0v) is 31.4. The van der Waals surface area contributed by atoms with Crippen molar-refractivity contribution >= 4 is 12.0 Å². The standard InChI is InChI=1S/C45H53N3O6/c1-4-25-48(39-15-8-9-16-39)29-41-31(2)42(36-19-17-33(30-49)18-20-36)54-44(53-41)37-23-21-35(22-24-37)38-14-10-13-34(26-38)28-46-45(51)47-40(43(50)52-3)27-32-11-6-5-7-12-32/h4-7,10-14,17-24,26,31,39-42,44,49H,1,8-9,15-16,25,27-30H2,2-3H3,(H2,46,47,51). The fraction of sp³-hybridized carbons (Fsp3) is 0.378. The van der Waals surface area contributed by atoms with Gasteiger partial charge in [0.05, 0.1) is 25.9 Å². The van der Waals surface area contributed by atoms with E-state index in [1.54, 1.807) is 0 Å². The topological polar surface area (TPSA) is 109 Å². The third-order valence-electron chi connectivity index (χ3n) is 10.7. The first-order chi connectivity index (χ1) is 26.3. The van der Waals surface area contributed by atoms with Crippen LogP contribution in [0.4, 0.5) is 4.79 Å². The highest BCUT2D eigenvalue weighted by atomic mass is 16.7. The summed E-state index contributed by atoms with van der Waals surface area (Å²) in [5.74, 6) is -0.401. The summed E-state index contributed by atoms with van der Waals surface area (Å²) >= 11 is 0. The lowest BCUT2D eigenvalue weighted by molar-refractivity contribution is -0.276. The number of esters is 1. The lowest BCUT2D eigenvalue weighted by Gasteiger charge is -2.43. The van der Waals surface area contributed by atoms with Gasteiger partial charge >= 0.3 is 12.0 Å². The Morgan fingerprint density at radius 1 is 0.889 bits per heavy atom. The number of hydrogen-bond acceptors (Lipinski definition) is 7. The van der Waals surface area contributed by atoms with E-state index in [0.29, 0.717) is 12.5 Å². The van der Waals surface area contributed by atoms with E-state index in [9.17, 15) is 14.7 Å². The maximum absolute atomic E-state index is 12.9. The van der Waals surface area contributed by atoms with Crippen molar-refractivity contribution in [3.8, 4) is 11.1 Å². The van der Waals surface area contributed by atoms with Crippen molar-refractivity contribution in [2.75, 3.05) is 20.2 Å². The van der Waals surface area contributed by atoms with Crippen LogP contribution in [-0.4, -0.2) is 60.4 Å². The van der Waals surface area contributed by atoms with E-state index in [4.69, 9.17) is 14.2 Å². The highest BCUT2D eigenvalue weighted by Gasteiger charge is 2.40. The first-order valence-electron chi connectivity index (χ1n) is 19.1. The number of urea groups is 1. The minimum atomic E-state index is -0.807. The number of methoxy groups -OCH3 is 1. The van der Waals surface area contributed by atoms with Crippen LogP contribution in [0.25, 0.3) is 11.1 Å². The van der Waals surface area contributed by atoms with Crippen molar-refractivity contribution < 1.29 is 28.9 Å². The summed E-state index contributed by atoms with van der Waals surface area (Å²) < 4.78 is 18.5. The number of benzene rings is 4. The molecule has 1 saturated carbocycles. The lowest BCUT2D eigenvalue weighted by Crippen LogP contribution is -2.47. The number of nitrogens with one attached hydrogen (secondary N) is 2. The normalized spacial score (nSPS) is 20.7. The molecule has 9 heteroatoms. The third kappa shape index (κ3) is 10.0. The molecule has 0 bridgehead atoms. The minimum Gasteiger partial charge on any atom is -0.467 e. The Labute approximate surface area is 319 Å². The molecule has 2 fully saturated rings. The summed E-state index contributed by atoms with van der Waals surface area (Å²) in [5.41, 5.74) is 6.75. The number of carbonyl (C=O) groups excluding carboxylic acids is 2. The van der Waals surface area contributed by atoms with Gasteiger partial charge in [-0.05, 0) is 52.3 Å². The summed E-state index contributed by atoms with van der Waals surface area (Å²) in [5, 5.41) is 15.3. The van der Waals surface area contributed by atoms with Gasteiger partial charge in [0.15, 0.2) is 6.29 Å². The van der Waals surface area contributed by atoms with Crippen molar-refractivity contribution in [1.29, 1.82) is 0 Å². The highest BCUT2D eigenvalue weighted by Crippen LogP contribution is 2.42. The van der Waals surface area contributed by atoms with Crippen molar-refractivity contribution in [2.24, 2.45) is 5.92 Å². The SMILES string of the molecule is C=CCN(CC1OC(c2ccc(-c3cccc(CNC(=O)NC(Cc4ccccc4)C(=O)OC)c3)cc2)OC(c2ccc(CO)cc2)C1C)C1CCCC1. The van der Waals surface area contributed by atoms with Gasteiger partial charge in [-0.1, -0.05) is 123 Å². The number of rotatable bonds is 15. The molecule has 1 aliphatic heterocycles. The average Bonchev–Trinajstić information content (AvgIpc) is 3.76. The molecule has 1 heterocycles. The number of aliphatic hydroxyl groups excluding tert-OH is 1. The predicted molar refractivity (Wildman–Crippen MR) is 210 cm³/mol. The van der Waals surface area contributed by atoms with E-state index >= 15 is 0 Å². The highest BCUT2D eigenvalue weighted by molar-refractivity contribution is 5.83. The summed E-state index contributed by atoms with van der Waals surface area (Å²) in [4.78, 5) is 27.8. The van der Waals surface area contributed by atoms with E-state index in [2.05, 4.69) is 65.4 Å². The molecule has 0 aromatic heterocycles. The Hall–Kier alpha value is -4.80. The van der Waals surface area contributed by atoms with E-state index in [1.807, 2.05) is 72.8 Å². The van der Waals surface area contributed by atoms with Crippen LogP contribution < -0.4 is 10.6 Å². The van der Waals surface area contributed by atoms with Crippen molar-refractivity contribution in [1.82, 2.24) is 15.5 Å². The Kier molecular flexibility index (Phi) is 13.7. The van der Waals surface area contributed by atoms with Crippen LogP contribution in [0.15, 0.2) is 116 Å². The Morgan fingerprint density at radius 2 is 1.59 bits per heavy atom. The number of nitrogens with zero attached hydrogens (tertiary/aromatic N) is 1. The number of amides is 2. The average molecular weight is 732 g/mol. The number of ether oxygens (including phenoxy) is 3. The van der Waals surface area contributed by atoms with Crippen LogP contribution in [0, 0.1) is 5.92 Å².